The van der Waals surface area contributed by atoms with E-state index < -0.39 is 0 Å². The van der Waals surface area contributed by atoms with Crippen LogP contribution in [0.15, 0.2) is 24.3 Å². The number of hydrogen-bond donors (Lipinski definition) is 1. The second-order valence-corrected chi connectivity index (χ2v) is 13.7. The summed E-state index contributed by atoms with van der Waals surface area (Å²) in [4.78, 5) is 38.5. The summed E-state index contributed by atoms with van der Waals surface area (Å²) < 4.78 is 16.5. The minimum atomic E-state index is -0.321. The van der Waals surface area contributed by atoms with Crippen molar-refractivity contribution in [3.8, 4) is 0 Å². The first kappa shape index (κ1) is 46.6. The normalized spacial score (nSPS) is 11.6. The summed E-state index contributed by atoms with van der Waals surface area (Å²) in [5.41, 5.74) is 0. The summed E-state index contributed by atoms with van der Waals surface area (Å²) >= 11 is 0. The van der Waals surface area contributed by atoms with Crippen molar-refractivity contribution in [3.63, 3.8) is 0 Å². The Labute approximate surface area is 301 Å². The number of rotatable bonds is 35. The van der Waals surface area contributed by atoms with E-state index in [1.807, 2.05) is 26.2 Å². The number of allylic oxidation sites excluding steroid dienone is 2. The molecule has 8 heteroatoms. The Balaban J connectivity index is 4.16. The Morgan fingerprint density at radius 2 is 1.02 bits per heavy atom. The third-order valence-corrected chi connectivity index (χ3v) is 8.60. The van der Waals surface area contributed by atoms with Crippen LogP contribution in [0.2, 0.25) is 0 Å². The third-order valence-electron chi connectivity index (χ3n) is 8.60. The highest BCUT2D eigenvalue weighted by Crippen LogP contribution is 2.17. The van der Waals surface area contributed by atoms with Crippen LogP contribution in [0.4, 0.5) is 4.79 Å². The van der Waals surface area contributed by atoms with Gasteiger partial charge in [0, 0.05) is 19.4 Å². The molecule has 0 fully saturated rings. The second kappa shape index (κ2) is 36.9. The Hall–Kier alpha value is -2.35. The Morgan fingerprint density at radius 3 is 1.49 bits per heavy atom. The minimum absolute atomic E-state index is 0.0850. The summed E-state index contributed by atoms with van der Waals surface area (Å²) in [6.45, 7) is 6.72. The molecule has 0 aromatic carbocycles. The van der Waals surface area contributed by atoms with Crippen molar-refractivity contribution in [2.75, 3.05) is 40.4 Å². The van der Waals surface area contributed by atoms with Gasteiger partial charge < -0.3 is 24.4 Å². The SMILES string of the molecule is CCCCCC/C=C\COC(=O)CCCCCCCC(CCCCCCCC(=O)OC/C=C\CCCCCC)OC(=O)NCCCN(C)C. The smallest absolute Gasteiger partial charge is 0.407 e. The van der Waals surface area contributed by atoms with E-state index in [-0.39, 0.29) is 24.1 Å². The number of alkyl carbamates (subject to hydrolysis) is 1. The lowest BCUT2D eigenvalue weighted by Gasteiger charge is -2.19. The van der Waals surface area contributed by atoms with E-state index in [0.29, 0.717) is 32.6 Å². The highest BCUT2D eigenvalue weighted by Gasteiger charge is 2.14. The number of nitrogens with zero attached hydrogens (tertiary/aromatic N) is 1. The van der Waals surface area contributed by atoms with Crippen LogP contribution in [-0.2, 0) is 23.8 Å². The van der Waals surface area contributed by atoms with Crippen molar-refractivity contribution >= 4 is 18.0 Å². The lowest BCUT2D eigenvalue weighted by molar-refractivity contribution is -0.143. The van der Waals surface area contributed by atoms with Gasteiger partial charge in [-0.1, -0.05) is 115 Å². The van der Waals surface area contributed by atoms with Gasteiger partial charge in [0.05, 0.1) is 0 Å². The highest BCUT2D eigenvalue weighted by molar-refractivity contribution is 5.69. The van der Waals surface area contributed by atoms with E-state index >= 15 is 0 Å². The van der Waals surface area contributed by atoms with Crippen molar-refractivity contribution in [1.29, 1.82) is 0 Å². The maximum absolute atomic E-state index is 12.5. The van der Waals surface area contributed by atoms with Crippen molar-refractivity contribution in [3.05, 3.63) is 24.3 Å². The average molecular weight is 693 g/mol. The fourth-order valence-electron chi connectivity index (χ4n) is 5.56. The molecule has 0 radical (unpaired) electrons. The standard InChI is InChI=1S/C41H76N2O6/c1-5-7-9-11-13-21-27-36-47-39(44)32-25-19-15-17-23-30-38(49-41(46)42-34-29-35-43(3)4)31-24-18-16-20-26-33-40(45)48-37-28-22-14-12-10-8-6-2/h21-22,27-28,38H,5-20,23-26,29-37H2,1-4H3,(H,42,46)/b27-21-,28-22-. The molecule has 8 nitrogen and oxygen atoms in total. The summed E-state index contributed by atoms with van der Waals surface area (Å²) in [6, 6.07) is 0. The van der Waals surface area contributed by atoms with Gasteiger partial charge in [0.25, 0.3) is 0 Å². The Morgan fingerprint density at radius 1 is 0.571 bits per heavy atom. The number of nitrogens with one attached hydrogen (secondary N) is 1. The van der Waals surface area contributed by atoms with E-state index in [0.717, 1.165) is 103 Å². The van der Waals surface area contributed by atoms with Crippen LogP contribution < -0.4 is 5.32 Å². The summed E-state index contributed by atoms with van der Waals surface area (Å²) in [6.07, 6.45) is 33.4. The maximum atomic E-state index is 12.5. The van der Waals surface area contributed by atoms with E-state index in [9.17, 15) is 14.4 Å². The third kappa shape index (κ3) is 36.7. The predicted octanol–water partition coefficient (Wildman–Crippen LogP) is 10.6. The van der Waals surface area contributed by atoms with Gasteiger partial charge in [-0.25, -0.2) is 4.79 Å². The first-order valence-corrected chi connectivity index (χ1v) is 20.1. The molecule has 0 bridgehead atoms. The molecule has 1 amide bonds. The Kier molecular flexibility index (Phi) is 35.1. The van der Waals surface area contributed by atoms with Gasteiger partial charge in [0.2, 0.25) is 0 Å². The van der Waals surface area contributed by atoms with Gasteiger partial charge in [0.1, 0.15) is 19.3 Å². The molecule has 0 aliphatic carbocycles. The molecule has 0 aromatic heterocycles. The molecule has 49 heavy (non-hydrogen) atoms. The largest absolute Gasteiger partial charge is 0.461 e. The quantitative estimate of drug-likeness (QED) is 0.0306. The molecule has 0 saturated carbocycles. The van der Waals surface area contributed by atoms with E-state index in [1.165, 1.54) is 51.4 Å². The average Bonchev–Trinajstić information content (AvgIpc) is 3.07. The van der Waals surface area contributed by atoms with E-state index in [1.54, 1.807) is 0 Å². The van der Waals surface area contributed by atoms with Crippen molar-refractivity contribution in [1.82, 2.24) is 10.2 Å². The number of esters is 2. The van der Waals surface area contributed by atoms with Crippen molar-refractivity contribution in [2.24, 2.45) is 0 Å². The topological polar surface area (TPSA) is 94.2 Å². The Bertz CT molecular complexity index is 777. The zero-order valence-corrected chi connectivity index (χ0v) is 32.3. The zero-order valence-electron chi connectivity index (χ0n) is 32.3. The molecule has 1 N–H and O–H groups in total. The summed E-state index contributed by atoms with van der Waals surface area (Å²) in [5, 5.41) is 2.91. The first-order valence-electron chi connectivity index (χ1n) is 20.1. The minimum Gasteiger partial charge on any atom is -0.461 e. The van der Waals surface area contributed by atoms with Crippen molar-refractivity contribution in [2.45, 2.75) is 180 Å². The fraction of sp³-hybridized carbons (Fsp3) is 0.829. The van der Waals surface area contributed by atoms with Crippen molar-refractivity contribution < 1.29 is 28.6 Å². The van der Waals surface area contributed by atoms with Gasteiger partial charge in [-0.2, -0.15) is 0 Å². The molecule has 0 aromatic rings. The lowest BCUT2D eigenvalue weighted by Crippen LogP contribution is -2.31. The molecule has 286 valence electrons. The molecule has 0 heterocycles. The number of carbonyl (C=O) groups excluding carboxylic acids is 3. The van der Waals surface area contributed by atoms with Gasteiger partial charge in [-0.15, -0.1) is 0 Å². The second-order valence-electron chi connectivity index (χ2n) is 13.7. The fourth-order valence-corrected chi connectivity index (χ4v) is 5.56. The lowest BCUT2D eigenvalue weighted by atomic mass is 10.0. The molecule has 0 unspecified atom stereocenters. The van der Waals surface area contributed by atoms with Crippen LogP contribution in [0.25, 0.3) is 0 Å². The van der Waals surface area contributed by atoms with Crippen LogP contribution >= 0.6 is 0 Å². The number of carbonyl (C=O) groups is 3. The summed E-state index contributed by atoms with van der Waals surface area (Å²) in [5.74, 6) is -0.228. The van der Waals surface area contributed by atoms with E-state index in [2.05, 4.69) is 36.2 Å². The van der Waals surface area contributed by atoms with Gasteiger partial charge in [-0.3, -0.25) is 9.59 Å². The summed E-state index contributed by atoms with van der Waals surface area (Å²) in [7, 11) is 4.05. The molecular weight excluding hydrogens is 616 g/mol. The number of unbranched alkanes of at least 4 members (excludes halogenated alkanes) is 16. The number of amides is 1. The van der Waals surface area contributed by atoms with Crippen LogP contribution in [0, 0.1) is 0 Å². The number of ether oxygens (including phenoxy) is 3. The molecule has 0 rings (SSSR count). The molecule has 0 atom stereocenters. The van der Waals surface area contributed by atoms with Crippen LogP contribution in [0.1, 0.15) is 174 Å². The first-order chi connectivity index (χ1) is 23.9. The molecule has 0 saturated heterocycles. The number of hydrogen-bond acceptors (Lipinski definition) is 7. The predicted molar refractivity (Wildman–Crippen MR) is 204 cm³/mol. The maximum Gasteiger partial charge on any atom is 0.407 e. The molecule has 0 aliphatic heterocycles. The van der Waals surface area contributed by atoms with Gasteiger partial charge >= 0.3 is 18.0 Å². The highest BCUT2D eigenvalue weighted by atomic mass is 16.6. The van der Waals surface area contributed by atoms with Crippen LogP contribution in [0.3, 0.4) is 0 Å². The monoisotopic (exact) mass is 693 g/mol. The van der Waals surface area contributed by atoms with Gasteiger partial charge in [0.15, 0.2) is 0 Å². The van der Waals surface area contributed by atoms with Crippen LogP contribution in [-0.4, -0.2) is 69.4 Å². The molecule has 0 aliphatic rings. The van der Waals surface area contributed by atoms with Crippen LogP contribution in [0.5, 0.6) is 0 Å². The molecular formula is C41H76N2O6. The molecule has 0 spiro atoms. The van der Waals surface area contributed by atoms with Gasteiger partial charge in [-0.05, 0) is 91.3 Å². The zero-order chi connectivity index (χ0) is 36.0. The van der Waals surface area contributed by atoms with E-state index in [4.69, 9.17) is 14.2 Å².